The first-order valence-corrected chi connectivity index (χ1v) is 12.6. The highest BCUT2D eigenvalue weighted by Gasteiger charge is 2.13. The van der Waals surface area contributed by atoms with E-state index in [9.17, 15) is 18.3 Å². The van der Waals surface area contributed by atoms with E-state index in [4.69, 9.17) is 16.3 Å². The highest BCUT2D eigenvalue weighted by Crippen LogP contribution is 2.34. The minimum Gasteiger partial charge on any atom is -0.508 e. The normalized spacial score (nSPS) is 11.5. The maximum Gasteiger partial charge on any atom is 0.257 e. The van der Waals surface area contributed by atoms with Gasteiger partial charge in [-0.25, -0.2) is 8.42 Å². The number of nitrogens with one attached hydrogen (secondary N) is 1. The standard InChI is InChI=1S/C21H25BrClNO5S/c1-13(2)16-8-14(4-5-20(16)25)9-17-18(22)10-15(11-19(17)23)29-12-21(26)24-6-7-30(3,27)28/h4-5,8,10-11,13,25H,6-7,9,12H2,1-3H3,(H,24,26). The fourth-order valence-electron chi connectivity index (χ4n) is 2.79. The highest BCUT2D eigenvalue weighted by atomic mass is 79.9. The molecule has 0 aliphatic rings. The van der Waals surface area contributed by atoms with Gasteiger partial charge in [-0.15, -0.1) is 0 Å². The SMILES string of the molecule is CC(C)c1cc(Cc2c(Cl)cc(OCC(=O)NCCS(C)(=O)=O)cc2Br)ccc1O. The zero-order valence-corrected chi connectivity index (χ0v) is 20.2. The summed E-state index contributed by atoms with van der Waals surface area (Å²) >= 11 is 9.95. The first-order chi connectivity index (χ1) is 14.0. The lowest BCUT2D eigenvalue weighted by Crippen LogP contribution is -2.32. The fourth-order valence-corrected chi connectivity index (χ4v) is 4.23. The number of phenolic OH excluding ortho intramolecular Hbond substituents is 1. The third kappa shape index (κ3) is 7.49. The second kappa shape index (κ2) is 10.5. The Hall–Kier alpha value is -1.77. The summed E-state index contributed by atoms with van der Waals surface area (Å²) in [5.41, 5.74) is 2.75. The van der Waals surface area contributed by atoms with Gasteiger partial charge in [-0.05, 0) is 40.8 Å². The molecule has 164 valence electrons. The first kappa shape index (κ1) is 24.5. The Morgan fingerprint density at radius 2 is 1.97 bits per heavy atom. The summed E-state index contributed by atoms with van der Waals surface area (Å²) in [4.78, 5) is 11.8. The zero-order chi connectivity index (χ0) is 22.5. The lowest BCUT2D eigenvalue weighted by Gasteiger charge is -2.14. The molecule has 6 nitrogen and oxygen atoms in total. The second-order valence-corrected chi connectivity index (χ2v) is 10.9. The molecule has 0 heterocycles. The number of benzene rings is 2. The number of carbonyl (C=O) groups is 1. The van der Waals surface area contributed by atoms with Crippen LogP contribution in [0, 0.1) is 0 Å². The van der Waals surface area contributed by atoms with Crippen LogP contribution < -0.4 is 10.1 Å². The van der Waals surface area contributed by atoms with Crippen LogP contribution in [0.2, 0.25) is 5.02 Å². The number of hydrogen-bond acceptors (Lipinski definition) is 5. The van der Waals surface area contributed by atoms with E-state index < -0.39 is 15.7 Å². The predicted octanol–water partition coefficient (Wildman–Crippen LogP) is 4.06. The number of rotatable bonds is 9. The summed E-state index contributed by atoms with van der Waals surface area (Å²) in [7, 11) is -3.13. The summed E-state index contributed by atoms with van der Waals surface area (Å²) in [6.45, 7) is 3.83. The Morgan fingerprint density at radius 3 is 2.57 bits per heavy atom. The van der Waals surface area contributed by atoms with Crippen molar-refractivity contribution in [3.8, 4) is 11.5 Å². The van der Waals surface area contributed by atoms with Crippen LogP contribution in [0.3, 0.4) is 0 Å². The average molecular weight is 519 g/mol. The molecule has 0 saturated heterocycles. The zero-order valence-electron chi connectivity index (χ0n) is 17.0. The van der Waals surface area contributed by atoms with Crippen molar-refractivity contribution in [3.63, 3.8) is 0 Å². The van der Waals surface area contributed by atoms with Gasteiger partial charge in [0.05, 0.1) is 5.75 Å². The Labute approximate surface area is 190 Å². The minimum absolute atomic E-state index is 0.0371. The number of amides is 1. The van der Waals surface area contributed by atoms with Gasteiger partial charge in [0.25, 0.3) is 5.91 Å². The van der Waals surface area contributed by atoms with Gasteiger partial charge in [-0.2, -0.15) is 0 Å². The number of sulfone groups is 1. The Kier molecular flexibility index (Phi) is 8.58. The van der Waals surface area contributed by atoms with Gasteiger partial charge < -0.3 is 15.2 Å². The number of carbonyl (C=O) groups excluding carboxylic acids is 1. The van der Waals surface area contributed by atoms with E-state index in [0.29, 0.717) is 17.2 Å². The molecule has 0 aliphatic heterocycles. The lowest BCUT2D eigenvalue weighted by atomic mass is 9.96. The number of aromatic hydroxyl groups is 1. The quantitative estimate of drug-likeness (QED) is 0.522. The van der Waals surface area contributed by atoms with Gasteiger partial charge in [0.2, 0.25) is 0 Å². The van der Waals surface area contributed by atoms with Crippen LogP contribution in [0.15, 0.2) is 34.8 Å². The van der Waals surface area contributed by atoms with E-state index in [0.717, 1.165) is 27.4 Å². The molecule has 2 N–H and O–H groups in total. The Bertz CT molecular complexity index is 1000. The number of phenols is 1. The Balaban J connectivity index is 2.03. The van der Waals surface area contributed by atoms with Crippen molar-refractivity contribution in [2.75, 3.05) is 25.2 Å². The highest BCUT2D eigenvalue weighted by molar-refractivity contribution is 9.10. The molecule has 2 aromatic carbocycles. The lowest BCUT2D eigenvalue weighted by molar-refractivity contribution is -0.122. The number of hydrogen-bond donors (Lipinski definition) is 2. The molecule has 0 aromatic heterocycles. The summed E-state index contributed by atoms with van der Waals surface area (Å²) in [6, 6.07) is 8.87. The smallest absolute Gasteiger partial charge is 0.257 e. The number of halogens is 2. The average Bonchev–Trinajstić information content (AvgIpc) is 2.63. The van der Waals surface area contributed by atoms with Crippen LogP contribution >= 0.6 is 27.5 Å². The van der Waals surface area contributed by atoms with E-state index in [1.165, 1.54) is 0 Å². The minimum atomic E-state index is -3.13. The summed E-state index contributed by atoms with van der Waals surface area (Å²) < 4.78 is 28.4. The second-order valence-electron chi connectivity index (χ2n) is 7.36. The largest absolute Gasteiger partial charge is 0.508 e. The van der Waals surface area contributed by atoms with Crippen LogP contribution in [-0.4, -0.2) is 44.6 Å². The van der Waals surface area contributed by atoms with E-state index in [1.807, 2.05) is 26.0 Å². The van der Waals surface area contributed by atoms with Crippen molar-refractivity contribution in [3.05, 3.63) is 56.5 Å². The van der Waals surface area contributed by atoms with E-state index in [-0.39, 0.29) is 30.6 Å². The van der Waals surface area contributed by atoms with Gasteiger partial charge in [0.1, 0.15) is 21.3 Å². The van der Waals surface area contributed by atoms with Crippen LogP contribution in [0.25, 0.3) is 0 Å². The predicted molar refractivity (Wildman–Crippen MR) is 122 cm³/mol. The summed E-state index contributed by atoms with van der Waals surface area (Å²) in [6.07, 6.45) is 1.67. The summed E-state index contributed by atoms with van der Waals surface area (Å²) in [5, 5.41) is 13.0. The molecule has 0 spiro atoms. The van der Waals surface area contributed by atoms with Crippen molar-refractivity contribution in [2.24, 2.45) is 0 Å². The number of ether oxygens (including phenoxy) is 1. The fraction of sp³-hybridized carbons (Fsp3) is 0.381. The van der Waals surface area contributed by atoms with Crippen LogP contribution in [0.5, 0.6) is 11.5 Å². The molecule has 0 saturated carbocycles. The van der Waals surface area contributed by atoms with Gasteiger partial charge in [0, 0.05) is 28.7 Å². The third-order valence-electron chi connectivity index (χ3n) is 4.37. The maximum absolute atomic E-state index is 11.8. The van der Waals surface area contributed by atoms with Crippen LogP contribution in [-0.2, 0) is 21.1 Å². The van der Waals surface area contributed by atoms with E-state index >= 15 is 0 Å². The van der Waals surface area contributed by atoms with Gasteiger partial charge in [0.15, 0.2) is 6.61 Å². The molecule has 2 aromatic rings. The molecule has 0 unspecified atom stereocenters. The Morgan fingerprint density at radius 1 is 1.27 bits per heavy atom. The van der Waals surface area contributed by atoms with Crippen molar-refractivity contribution >= 4 is 43.3 Å². The van der Waals surface area contributed by atoms with Crippen molar-refractivity contribution < 1.29 is 23.1 Å². The topological polar surface area (TPSA) is 92.7 Å². The summed E-state index contributed by atoms with van der Waals surface area (Å²) in [5.74, 6) is 0.351. The molecule has 9 heteroatoms. The van der Waals surface area contributed by atoms with E-state index in [1.54, 1.807) is 18.2 Å². The van der Waals surface area contributed by atoms with E-state index in [2.05, 4.69) is 21.2 Å². The molecule has 0 fully saturated rings. The molecule has 1 amide bonds. The van der Waals surface area contributed by atoms with Crippen molar-refractivity contribution in [1.29, 1.82) is 0 Å². The van der Waals surface area contributed by atoms with Gasteiger partial charge in [-0.3, -0.25) is 4.79 Å². The first-order valence-electron chi connectivity index (χ1n) is 9.33. The van der Waals surface area contributed by atoms with Crippen LogP contribution in [0.1, 0.15) is 36.5 Å². The third-order valence-corrected chi connectivity index (χ3v) is 6.36. The molecule has 2 rings (SSSR count). The molecular formula is C21H25BrClNO5S. The van der Waals surface area contributed by atoms with Gasteiger partial charge in [-0.1, -0.05) is 53.5 Å². The monoisotopic (exact) mass is 517 g/mol. The van der Waals surface area contributed by atoms with Crippen molar-refractivity contribution in [2.45, 2.75) is 26.2 Å². The maximum atomic E-state index is 11.8. The molecular weight excluding hydrogens is 494 g/mol. The van der Waals surface area contributed by atoms with Gasteiger partial charge >= 0.3 is 0 Å². The molecule has 30 heavy (non-hydrogen) atoms. The molecule has 0 aliphatic carbocycles. The van der Waals surface area contributed by atoms with Crippen molar-refractivity contribution in [1.82, 2.24) is 5.32 Å². The molecule has 0 radical (unpaired) electrons. The van der Waals surface area contributed by atoms with Crippen LogP contribution in [0.4, 0.5) is 0 Å². The molecule has 0 bridgehead atoms. The molecule has 0 atom stereocenters.